The van der Waals surface area contributed by atoms with Crippen LogP contribution in [0.15, 0.2) is 18.2 Å². The molecule has 4 heteroatoms. The normalized spacial score (nSPS) is 21.6. The lowest BCUT2D eigenvalue weighted by Gasteiger charge is -2.30. The van der Waals surface area contributed by atoms with Crippen LogP contribution >= 0.6 is 11.6 Å². The molecule has 0 saturated carbocycles. The first kappa shape index (κ1) is 15.8. The highest BCUT2D eigenvalue weighted by atomic mass is 35.5. The van der Waals surface area contributed by atoms with Gasteiger partial charge in [-0.15, -0.1) is 0 Å². The molecule has 0 aliphatic carbocycles. The zero-order valence-electron chi connectivity index (χ0n) is 12.8. The largest absolute Gasteiger partial charge is 0.329 e. The van der Waals surface area contributed by atoms with Crippen molar-refractivity contribution in [3.05, 3.63) is 34.3 Å². The molecule has 0 aromatic heterocycles. The Kier molecular flexibility index (Phi) is 5.44. The van der Waals surface area contributed by atoms with Gasteiger partial charge in [0.15, 0.2) is 0 Å². The van der Waals surface area contributed by atoms with Crippen molar-refractivity contribution in [3.63, 3.8) is 0 Å². The summed E-state index contributed by atoms with van der Waals surface area (Å²) in [6, 6.07) is 6.38. The molecule has 0 bridgehead atoms. The average molecular weight is 296 g/mol. The van der Waals surface area contributed by atoms with Gasteiger partial charge in [-0.1, -0.05) is 17.7 Å². The van der Waals surface area contributed by atoms with Crippen LogP contribution in [0.5, 0.6) is 0 Å². The zero-order valence-corrected chi connectivity index (χ0v) is 13.5. The molecule has 1 saturated heterocycles. The molecular formula is C16H26ClN3. The van der Waals surface area contributed by atoms with Crippen LogP contribution in [0, 0.1) is 12.8 Å². The van der Waals surface area contributed by atoms with Crippen molar-refractivity contribution in [2.75, 3.05) is 40.3 Å². The van der Waals surface area contributed by atoms with Crippen LogP contribution in [0.3, 0.4) is 0 Å². The van der Waals surface area contributed by atoms with Crippen LogP contribution in [0.4, 0.5) is 0 Å². The van der Waals surface area contributed by atoms with Crippen LogP contribution in [-0.4, -0.2) is 50.1 Å². The molecule has 112 valence electrons. The average Bonchev–Trinajstić information content (AvgIpc) is 2.78. The smallest absolute Gasteiger partial charge is 0.0470 e. The molecule has 1 heterocycles. The van der Waals surface area contributed by atoms with E-state index in [1.807, 2.05) is 12.1 Å². The summed E-state index contributed by atoms with van der Waals surface area (Å²) in [6.45, 7) is 6.27. The van der Waals surface area contributed by atoms with Crippen LogP contribution in [0.1, 0.15) is 23.6 Å². The van der Waals surface area contributed by atoms with Gasteiger partial charge >= 0.3 is 0 Å². The highest BCUT2D eigenvalue weighted by molar-refractivity contribution is 6.30. The SMILES string of the molecule is Cc1cc(Cl)ccc1C(CN)N(C)CC1CCN(C)C1. The van der Waals surface area contributed by atoms with Gasteiger partial charge in [0, 0.05) is 30.7 Å². The Morgan fingerprint density at radius 3 is 2.80 bits per heavy atom. The molecule has 2 rings (SSSR count). The lowest BCUT2D eigenvalue weighted by atomic mass is 9.99. The first-order chi connectivity index (χ1) is 9.51. The second-order valence-corrected chi connectivity index (χ2v) is 6.55. The number of aryl methyl sites for hydroxylation is 1. The van der Waals surface area contributed by atoms with E-state index < -0.39 is 0 Å². The molecule has 2 atom stereocenters. The molecule has 20 heavy (non-hydrogen) atoms. The summed E-state index contributed by atoms with van der Waals surface area (Å²) in [6.07, 6.45) is 1.29. The predicted octanol–water partition coefficient (Wildman–Crippen LogP) is 2.53. The Labute approximate surface area is 127 Å². The maximum absolute atomic E-state index is 6.05. The van der Waals surface area contributed by atoms with E-state index in [1.54, 1.807) is 0 Å². The van der Waals surface area contributed by atoms with Gasteiger partial charge in [0.05, 0.1) is 0 Å². The van der Waals surface area contributed by atoms with E-state index >= 15 is 0 Å². The number of halogens is 1. The maximum Gasteiger partial charge on any atom is 0.0470 e. The topological polar surface area (TPSA) is 32.5 Å². The summed E-state index contributed by atoms with van der Waals surface area (Å²) in [5.41, 5.74) is 8.55. The summed E-state index contributed by atoms with van der Waals surface area (Å²) in [4.78, 5) is 4.81. The van der Waals surface area contributed by atoms with Crippen molar-refractivity contribution < 1.29 is 0 Å². The lowest BCUT2D eigenvalue weighted by Crippen LogP contribution is -2.35. The molecule has 3 nitrogen and oxygen atoms in total. The third-order valence-corrected chi connectivity index (χ3v) is 4.62. The Hall–Kier alpha value is -0.610. The molecule has 0 spiro atoms. The molecule has 1 aliphatic heterocycles. The number of rotatable bonds is 5. The Bertz CT molecular complexity index is 449. The predicted molar refractivity (Wildman–Crippen MR) is 86.2 cm³/mol. The number of likely N-dealkylation sites (tertiary alicyclic amines) is 1. The minimum atomic E-state index is 0.276. The Morgan fingerprint density at radius 2 is 2.25 bits per heavy atom. The number of likely N-dealkylation sites (N-methyl/N-ethyl adjacent to an activating group) is 1. The van der Waals surface area contributed by atoms with Gasteiger partial charge in [0.2, 0.25) is 0 Å². The summed E-state index contributed by atoms with van der Waals surface area (Å²) in [5, 5.41) is 0.794. The Balaban J connectivity index is 2.06. The molecule has 0 radical (unpaired) electrons. The van der Waals surface area contributed by atoms with E-state index in [0.717, 1.165) is 17.5 Å². The van der Waals surface area contributed by atoms with E-state index in [1.165, 1.54) is 30.6 Å². The fourth-order valence-corrected chi connectivity index (χ4v) is 3.49. The molecule has 1 aromatic rings. The molecule has 2 unspecified atom stereocenters. The standard InChI is InChI=1S/C16H26ClN3/c1-12-8-14(17)4-5-15(12)16(9-18)20(3)11-13-6-7-19(2)10-13/h4-5,8,13,16H,6-7,9-11,18H2,1-3H3. The van der Waals surface area contributed by atoms with Gasteiger partial charge in [-0.25, -0.2) is 0 Å². The zero-order chi connectivity index (χ0) is 14.7. The van der Waals surface area contributed by atoms with Crippen molar-refractivity contribution in [3.8, 4) is 0 Å². The van der Waals surface area contributed by atoms with E-state index in [0.29, 0.717) is 6.54 Å². The van der Waals surface area contributed by atoms with E-state index in [4.69, 9.17) is 17.3 Å². The van der Waals surface area contributed by atoms with Crippen LogP contribution in [0.25, 0.3) is 0 Å². The molecule has 0 amide bonds. The van der Waals surface area contributed by atoms with Gasteiger partial charge in [-0.05, 0) is 63.2 Å². The number of hydrogen-bond acceptors (Lipinski definition) is 3. The molecule has 1 aromatic carbocycles. The maximum atomic E-state index is 6.05. The van der Waals surface area contributed by atoms with Crippen molar-refractivity contribution in [2.24, 2.45) is 11.7 Å². The minimum Gasteiger partial charge on any atom is -0.329 e. The minimum absolute atomic E-state index is 0.276. The van der Waals surface area contributed by atoms with Crippen molar-refractivity contribution in [1.29, 1.82) is 0 Å². The second kappa shape index (κ2) is 6.90. The first-order valence-corrected chi connectivity index (χ1v) is 7.74. The summed E-state index contributed by atoms with van der Waals surface area (Å²) < 4.78 is 0. The van der Waals surface area contributed by atoms with Crippen molar-refractivity contribution in [2.45, 2.75) is 19.4 Å². The van der Waals surface area contributed by atoms with Gasteiger partial charge in [-0.3, -0.25) is 4.90 Å². The highest BCUT2D eigenvalue weighted by Gasteiger charge is 2.24. The van der Waals surface area contributed by atoms with Crippen LogP contribution < -0.4 is 5.73 Å². The van der Waals surface area contributed by atoms with E-state index in [9.17, 15) is 0 Å². The van der Waals surface area contributed by atoms with E-state index in [-0.39, 0.29) is 6.04 Å². The number of nitrogens with two attached hydrogens (primary N) is 1. The summed E-state index contributed by atoms with van der Waals surface area (Å²) >= 11 is 6.05. The first-order valence-electron chi connectivity index (χ1n) is 7.36. The Morgan fingerprint density at radius 1 is 1.50 bits per heavy atom. The quantitative estimate of drug-likeness (QED) is 0.906. The molecule has 2 N–H and O–H groups in total. The monoisotopic (exact) mass is 295 g/mol. The third-order valence-electron chi connectivity index (χ3n) is 4.38. The fraction of sp³-hybridized carbons (Fsp3) is 0.625. The van der Waals surface area contributed by atoms with Crippen molar-refractivity contribution in [1.82, 2.24) is 9.80 Å². The second-order valence-electron chi connectivity index (χ2n) is 6.11. The number of hydrogen-bond donors (Lipinski definition) is 1. The lowest BCUT2D eigenvalue weighted by molar-refractivity contribution is 0.211. The number of benzene rings is 1. The summed E-state index contributed by atoms with van der Waals surface area (Å²) in [7, 11) is 4.38. The van der Waals surface area contributed by atoms with Crippen LogP contribution in [0.2, 0.25) is 5.02 Å². The molecule has 1 aliphatic rings. The van der Waals surface area contributed by atoms with Crippen molar-refractivity contribution >= 4 is 11.6 Å². The van der Waals surface area contributed by atoms with E-state index in [2.05, 4.69) is 36.9 Å². The number of nitrogens with zero attached hydrogens (tertiary/aromatic N) is 2. The van der Waals surface area contributed by atoms with Gasteiger partial charge in [0.1, 0.15) is 0 Å². The summed E-state index contributed by atoms with van der Waals surface area (Å²) in [5.74, 6) is 0.756. The highest BCUT2D eigenvalue weighted by Crippen LogP contribution is 2.26. The fourth-order valence-electron chi connectivity index (χ4n) is 3.27. The van der Waals surface area contributed by atoms with Gasteiger partial charge in [0.25, 0.3) is 0 Å². The van der Waals surface area contributed by atoms with Crippen LogP contribution in [-0.2, 0) is 0 Å². The molecule has 1 fully saturated rings. The molecular weight excluding hydrogens is 270 g/mol. The van der Waals surface area contributed by atoms with Gasteiger partial charge in [-0.2, -0.15) is 0 Å². The third kappa shape index (κ3) is 3.73. The van der Waals surface area contributed by atoms with Gasteiger partial charge < -0.3 is 10.6 Å².